The van der Waals surface area contributed by atoms with E-state index in [1.165, 1.54) is 13.2 Å². The standard InChI is InChI=1S/C13H10O3.C10H10O2.C9H7F3O3.C8H8O3.C6H10O2.C4H6O2.C3H6O3.C2H4O3/c14-13(15)11-8-4-5-9-12(11)16-10-6-2-1-3-7-10;1-8-4-2-3-5-9(8)6-7-10(11)12;10-9(11,12)6-3-1-5(2-4-6)7(13)8(14)15;9-8(10)6-11-7-4-2-1-3-5-7;1-2-3-4-5-6(7)8;5-4(6)3-1-2-3;1-6-2-3(4)5;3-1-2(4)5/h1-9H,(H,14,15);2-7H,1H3,(H,11,12);1-4,7,13H,(H,14,15);1-5H,6H2,(H,9,10);3-4H,2,5H2,1H3,(H,7,8);3H,1-2H2,(H,5,6);2H2,1H3,(H,4,5);3H,1H2,(H,4,5)/b;;;;4-3+;;;. The number of benzene rings is 5. The first-order chi connectivity index (χ1) is 37.2. The lowest BCUT2D eigenvalue weighted by atomic mass is 10.1. The molecule has 0 saturated heterocycles. The second-order valence-corrected chi connectivity index (χ2v) is 15.1. The van der Waals surface area contributed by atoms with Gasteiger partial charge in [-0.1, -0.05) is 104 Å². The third-order valence-electron chi connectivity index (χ3n) is 8.60. The van der Waals surface area contributed by atoms with Crippen LogP contribution in [-0.2, 0) is 44.5 Å². The van der Waals surface area contributed by atoms with Crippen molar-refractivity contribution in [3.63, 3.8) is 0 Å². The van der Waals surface area contributed by atoms with Gasteiger partial charge in [0, 0.05) is 13.2 Å². The molecule has 21 nitrogen and oxygen atoms in total. The Balaban J connectivity index is 0. The van der Waals surface area contributed by atoms with Crippen molar-refractivity contribution in [2.45, 2.75) is 51.8 Å². The second kappa shape index (κ2) is 41.8. The smallest absolute Gasteiger partial charge is 0.416 e. The molecule has 79 heavy (non-hydrogen) atoms. The van der Waals surface area contributed by atoms with E-state index in [0.717, 1.165) is 60.7 Å². The quantitative estimate of drug-likeness (QED) is 0.0307. The van der Waals surface area contributed by atoms with Crippen molar-refractivity contribution in [1.82, 2.24) is 0 Å². The van der Waals surface area contributed by atoms with Crippen LogP contribution in [0.15, 0.2) is 152 Å². The molecular weight excluding hydrogens is 1050 g/mol. The first kappa shape index (κ1) is 71.7. The summed E-state index contributed by atoms with van der Waals surface area (Å²) in [7, 11) is 1.34. The number of aliphatic hydroxyl groups is 2. The van der Waals surface area contributed by atoms with Crippen LogP contribution in [0, 0.1) is 12.8 Å². The van der Waals surface area contributed by atoms with Crippen molar-refractivity contribution in [1.29, 1.82) is 0 Å². The van der Waals surface area contributed by atoms with E-state index >= 15 is 0 Å². The number of aliphatic hydroxyl groups excluding tert-OH is 2. The maximum atomic E-state index is 12.1. The lowest BCUT2D eigenvalue weighted by Gasteiger charge is -2.09. The minimum atomic E-state index is -4.47. The topological polar surface area (TPSA) is 367 Å². The van der Waals surface area contributed by atoms with E-state index in [-0.39, 0.29) is 36.7 Å². The SMILES string of the molecule is CC/C=C/CC(=O)O.COCC(=O)O.Cc1ccccc1C=CC(=O)O.O=C(O)C(O)c1ccc(C(F)(F)F)cc1.O=C(O)C1CC1.O=C(O)CO.O=C(O)COc1ccccc1.O=C(O)c1ccccc1Oc1ccccc1. The van der Waals surface area contributed by atoms with Gasteiger partial charge in [0.25, 0.3) is 0 Å². The van der Waals surface area contributed by atoms with E-state index < -0.39 is 72.2 Å². The molecule has 0 aromatic heterocycles. The third-order valence-corrected chi connectivity index (χ3v) is 8.60. The number of carbonyl (C=O) groups is 8. The number of carboxylic acid groups (broad SMARTS) is 8. The molecule has 0 spiro atoms. The molecule has 1 unspecified atom stereocenters. The highest BCUT2D eigenvalue weighted by Crippen LogP contribution is 2.30. The monoisotopic (exact) mass is 1110 g/mol. The van der Waals surface area contributed by atoms with Crippen molar-refractivity contribution in [3.8, 4) is 17.2 Å². The molecule has 6 rings (SSSR count). The van der Waals surface area contributed by atoms with Gasteiger partial charge in [0.2, 0.25) is 0 Å². The Kier molecular flexibility index (Phi) is 37.9. The molecule has 0 bridgehead atoms. The molecule has 5 aromatic rings. The summed E-state index contributed by atoms with van der Waals surface area (Å²) in [5.74, 6) is -6.34. The fourth-order valence-corrected chi connectivity index (χ4v) is 4.75. The van der Waals surface area contributed by atoms with Crippen LogP contribution >= 0.6 is 0 Å². The second-order valence-electron chi connectivity index (χ2n) is 15.1. The van der Waals surface area contributed by atoms with Crippen molar-refractivity contribution in [2.24, 2.45) is 5.92 Å². The van der Waals surface area contributed by atoms with E-state index in [1.54, 1.807) is 66.7 Å². The number of halogens is 3. The van der Waals surface area contributed by atoms with Crippen LogP contribution in [0.4, 0.5) is 13.2 Å². The molecule has 1 atom stereocenters. The van der Waals surface area contributed by atoms with Crippen molar-refractivity contribution >= 4 is 53.8 Å². The summed E-state index contributed by atoms with van der Waals surface area (Å²) in [4.78, 5) is 79.7. The highest BCUT2D eigenvalue weighted by molar-refractivity contribution is 5.91. The van der Waals surface area contributed by atoms with Crippen LogP contribution in [0.5, 0.6) is 17.2 Å². The zero-order valence-electron chi connectivity index (χ0n) is 42.7. The van der Waals surface area contributed by atoms with Gasteiger partial charge in [-0.2, -0.15) is 13.2 Å². The molecule has 0 radical (unpaired) electrons. The average molecular weight is 1120 g/mol. The fourth-order valence-electron chi connectivity index (χ4n) is 4.75. The number of hydrogen-bond acceptors (Lipinski definition) is 13. The van der Waals surface area contributed by atoms with E-state index in [0.29, 0.717) is 17.2 Å². The molecule has 24 heteroatoms. The molecule has 1 saturated carbocycles. The van der Waals surface area contributed by atoms with E-state index in [4.69, 9.17) is 65.3 Å². The van der Waals surface area contributed by atoms with Crippen LogP contribution in [0.3, 0.4) is 0 Å². The Morgan fingerprint density at radius 3 is 1.51 bits per heavy atom. The molecular formula is C55H61F3O21. The van der Waals surface area contributed by atoms with Crippen LogP contribution in [0.1, 0.15) is 71.3 Å². The maximum Gasteiger partial charge on any atom is 0.416 e. The highest BCUT2D eigenvalue weighted by atomic mass is 19.4. The average Bonchev–Trinajstić information content (AvgIpc) is 4.26. The summed E-state index contributed by atoms with van der Waals surface area (Å²) in [6.07, 6.45) is 2.82. The number of allylic oxidation sites excluding steroid dienone is 1. The number of carboxylic acids is 8. The van der Waals surface area contributed by atoms with Gasteiger partial charge in [-0.05, 0) is 97.5 Å². The summed E-state index contributed by atoms with van der Waals surface area (Å²) in [6, 6.07) is 35.4. The van der Waals surface area contributed by atoms with Gasteiger partial charge in [-0.3, -0.25) is 9.59 Å². The van der Waals surface area contributed by atoms with Gasteiger partial charge in [0.05, 0.1) is 17.9 Å². The summed E-state index contributed by atoms with van der Waals surface area (Å²) < 4.78 is 50.9. The lowest BCUT2D eigenvalue weighted by molar-refractivity contribution is -0.147. The first-order valence-electron chi connectivity index (χ1n) is 22.8. The van der Waals surface area contributed by atoms with Gasteiger partial charge >= 0.3 is 53.9 Å². The number of rotatable bonds is 17. The lowest BCUT2D eigenvalue weighted by Crippen LogP contribution is -2.11. The Hall–Kier alpha value is -9.39. The third kappa shape index (κ3) is 39.7. The zero-order chi connectivity index (χ0) is 60.3. The Morgan fingerprint density at radius 1 is 0.633 bits per heavy atom. The summed E-state index contributed by atoms with van der Waals surface area (Å²) >= 11 is 0. The van der Waals surface area contributed by atoms with E-state index in [9.17, 15) is 46.7 Å². The van der Waals surface area contributed by atoms with Crippen molar-refractivity contribution in [3.05, 3.63) is 180 Å². The summed E-state index contributed by atoms with van der Waals surface area (Å²) in [5.41, 5.74) is 1.21. The minimum absolute atomic E-state index is 0.0185. The first-order valence-corrected chi connectivity index (χ1v) is 22.8. The van der Waals surface area contributed by atoms with Gasteiger partial charge in [-0.25, -0.2) is 28.8 Å². The predicted molar refractivity (Wildman–Crippen MR) is 278 cm³/mol. The molecule has 0 aliphatic heterocycles. The van der Waals surface area contributed by atoms with Crippen LogP contribution in [0.2, 0.25) is 0 Å². The van der Waals surface area contributed by atoms with Crippen LogP contribution in [-0.4, -0.2) is 126 Å². The number of aromatic carboxylic acids is 1. The van der Waals surface area contributed by atoms with Crippen LogP contribution in [0.25, 0.3) is 6.08 Å². The fraction of sp³-hybridized carbons (Fsp3) is 0.236. The largest absolute Gasteiger partial charge is 0.482 e. The number of ether oxygens (including phenoxy) is 3. The highest BCUT2D eigenvalue weighted by Gasteiger charge is 2.30. The van der Waals surface area contributed by atoms with E-state index in [1.807, 2.05) is 68.5 Å². The predicted octanol–water partition coefficient (Wildman–Crippen LogP) is 8.93. The molecule has 10 N–H and O–H groups in total. The molecule has 1 aliphatic rings. The van der Waals surface area contributed by atoms with Crippen molar-refractivity contribution in [2.75, 3.05) is 26.9 Å². The maximum absolute atomic E-state index is 12.1. The summed E-state index contributed by atoms with van der Waals surface area (Å²) in [6.45, 7) is 2.64. The number of alkyl halides is 3. The molecule has 1 fully saturated rings. The minimum Gasteiger partial charge on any atom is -0.482 e. The number of hydrogen-bond donors (Lipinski definition) is 10. The summed E-state index contributed by atoms with van der Waals surface area (Å²) in [5, 5.41) is 81.9. The van der Waals surface area contributed by atoms with Gasteiger partial charge in [-0.15, -0.1) is 0 Å². The molecule has 5 aromatic carbocycles. The Bertz CT molecular complexity index is 2650. The van der Waals surface area contributed by atoms with Crippen LogP contribution < -0.4 is 9.47 Å². The normalized spacial score (nSPS) is 11.1. The molecule has 428 valence electrons. The van der Waals surface area contributed by atoms with Crippen molar-refractivity contribution < 1.29 is 117 Å². The van der Waals surface area contributed by atoms with E-state index in [2.05, 4.69) is 4.74 Å². The van der Waals surface area contributed by atoms with Gasteiger partial charge < -0.3 is 65.3 Å². The Morgan fingerprint density at radius 2 is 1.13 bits per heavy atom. The number of methoxy groups -OCH3 is 1. The number of aryl methyl sites for hydroxylation is 1. The molecule has 0 heterocycles. The van der Waals surface area contributed by atoms with Gasteiger partial charge in [0.15, 0.2) is 12.7 Å². The number of aliphatic carboxylic acids is 7. The molecule has 1 aliphatic carbocycles. The number of para-hydroxylation sites is 3. The zero-order valence-corrected chi connectivity index (χ0v) is 42.7. The Labute approximate surface area is 451 Å². The van der Waals surface area contributed by atoms with Gasteiger partial charge in [0.1, 0.15) is 36.0 Å². The molecule has 0 amide bonds.